The minimum Gasteiger partial charge on any atom is -0.481 e. The summed E-state index contributed by atoms with van der Waals surface area (Å²) in [5, 5.41) is 14.8. The second-order valence-corrected chi connectivity index (χ2v) is 5.17. The van der Waals surface area contributed by atoms with Crippen LogP contribution in [0.3, 0.4) is 0 Å². The molecule has 6 nitrogen and oxygen atoms in total. The van der Waals surface area contributed by atoms with Crippen LogP contribution in [-0.2, 0) is 16.0 Å². The number of amides is 1. The molecule has 2 rings (SSSR count). The molecule has 1 aliphatic rings. The van der Waals surface area contributed by atoms with Crippen molar-refractivity contribution in [2.24, 2.45) is 0 Å². The number of carboxylic acid groups (broad SMARTS) is 1. The highest BCUT2D eigenvalue weighted by atomic mass is 16.4. The smallest absolute Gasteiger partial charge is 0.303 e. The molecular formula is C15H21N3O3. The predicted molar refractivity (Wildman–Crippen MR) is 80.3 cm³/mol. The summed E-state index contributed by atoms with van der Waals surface area (Å²) in [6.45, 7) is 3.98. The Morgan fingerprint density at radius 3 is 2.76 bits per heavy atom. The highest BCUT2D eigenvalue weighted by molar-refractivity contribution is 5.92. The van der Waals surface area contributed by atoms with Crippen molar-refractivity contribution in [2.45, 2.75) is 12.8 Å². The molecule has 0 bridgehead atoms. The van der Waals surface area contributed by atoms with Gasteiger partial charge >= 0.3 is 5.97 Å². The fourth-order valence-electron chi connectivity index (χ4n) is 2.33. The van der Waals surface area contributed by atoms with Gasteiger partial charge in [-0.05, 0) is 24.1 Å². The number of carboxylic acids is 1. The zero-order chi connectivity index (χ0) is 15.1. The van der Waals surface area contributed by atoms with E-state index in [1.54, 1.807) is 0 Å². The Labute approximate surface area is 124 Å². The average Bonchev–Trinajstić information content (AvgIpc) is 2.46. The fourth-order valence-corrected chi connectivity index (χ4v) is 2.33. The van der Waals surface area contributed by atoms with Crippen LogP contribution in [0.15, 0.2) is 24.3 Å². The third kappa shape index (κ3) is 5.53. The Morgan fingerprint density at radius 2 is 2.05 bits per heavy atom. The van der Waals surface area contributed by atoms with Crippen LogP contribution in [0.4, 0.5) is 5.69 Å². The van der Waals surface area contributed by atoms with Crippen molar-refractivity contribution in [3.8, 4) is 0 Å². The van der Waals surface area contributed by atoms with Crippen LogP contribution in [0.2, 0.25) is 0 Å². The van der Waals surface area contributed by atoms with Crippen LogP contribution >= 0.6 is 0 Å². The monoisotopic (exact) mass is 291 g/mol. The first-order valence-corrected chi connectivity index (χ1v) is 7.17. The lowest BCUT2D eigenvalue weighted by Crippen LogP contribution is -2.46. The summed E-state index contributed by atoms with van der Waals surface area (Å²) >= 11 is 0. The van der Waals surface area contributed by atoms with Gasteiger partial charge in [0.15, 0.2) is 0 Å². The number of benzene rings is 1. The van der Waals surface area contributed by atoms with Gasteiger partial charge in [0.05, 0.1) is 6.54 Å². The number of carbonyl (C=O) groups excluding carboxylic acids is 1. The number of aryl methyl sites for hydroxylation is 1. The van der Waals surface area contributed by atoms with Gasteiger partial charge in [-0.3, -0.25) is 14.5 Å². The van der Waals surface area contributed by atoms with E-state index in [1.165, 1.54) is 0 Å². The van der Waals surface area contributed by atoms with Crippen molar-refractivity contribution in [1.82, 2.24) is 10.2 Å². The zero-order valence-electron chi connectivity index (χ0n) is 12.0. The number of hydrogen-bond donors (Lipinski definition) is 3. The van der Waals surface area contributed by atoms with Crippen LogP contribution in [0, 0.1) is 0 Å². The summed E-state index contributed by atoms with van der Waals surface area (Å²) in [5.41, 5.74) is 1.63. The van der Waals surface area contributed by atoms with Crippen molar-refractivity contribution in [3.63, 3.8) is 0 Å². The van der Waals surface area contributed by atoms with Gasteiger partial charge in [0, 0.05) is 38.3 Å². The Balaban J connectivity index is 1.85. The van der Waals surface area contributed by atoms with E-state index in [9.17, 15) is 9.59 Å². The second-order valence-electron chi connectivity index (χ2n) is 5.17. The molecule has 114 valence electrons. The van der Waals surface area contributed by atoms with E-state index in [0.29, 0.717) is 13.0 Å². The molecule has 21 heavy (non-hydrogen) atoms. The van der Waals surface area contributed by atoms with E-state index in [-0.39, 0.29) is 12.3 Å². The second kappa shape index (κ2) is 7.75. The lowest BCUT2D eigenvalue weighted by atomic mass is 10.1. The Bertz CT molecular complexity index is 499. The molecule has 0 spiro atoms. The number of rotatable bonds is 6. The summed E-state index contributed by atoms with van der Waals surface area (Å²) in [6.07, 6.45) is 0.564. The Hall–Kier alpha value is -1.92. The Kier molecular flexibility index (Phi) is 5.71. The lowest BCUT2D eigenvalue weighted by molar-refractivity contribution is -0.137. The van der Waals surface area contributed by atoms with E-state index in [0.717, 1.165) is 37.4 Å². The number of carbonyl (C=O) groups is 2. The summed E-state index contributed by atoms with van der Waals surface area (Å²) in [6, 6.07) is 7.35. The Morgan fingerprint density at radius 1 is 1.29 bits per heavy atom. The summed E-state index contributed by atoms with van der Waals surface area (Å²) in [4.78, 5) is 24.7. The van der Waals surface area contributed by atoms with Gasteiger partial charge in [0.1, 0.15) is 0 Å². The van der Waals surface area contributed by atoms with Crippen LogP contribution in [0.1, 0.15) is 12.0 Å². The van der Waals surface area contributed by atoms with E-state index in [2.05, 4.69) is 15.5 Å². The van der Waals surface area contributed by atoms with Crippen molar-refractivity contribution in [1.29, 1.82) is 0 Å². The number of anilines is 1. The quantitative estimate of drug-likeness (QED) is 0.713. The largest absolute Gasteiger partial charge is 0.481 e. The topological polar surface area (TPSA) is 81.7 Å². The van der Waals surface area contributed by atoms with Gasteiger partial charge in [0.25, 0.3) is 0 Å². The van der Waals surface area contributed by atoms with Crippen LogP contribution in [-0.4, -0.2) is 54.6 Å². The molecule has 1 saturated heterocycles. The standard InChI is InChI=1S/C15H21N3O3/c19-14(11-18-8-6-16-7-9-18)17-13-3-1-2-12(10-13)4-5-15(20)21/h1-3,10,16H,4-9,11H2,(H,17,19)(H,20,21). The number of hydrogen-bond acceptors (Lipinski definition) is 4. The lowest BCUT2D eigenvalue weighted by Gasteiger charge is -2.26. The van der Waals surface area contributed by atoms with Crippen LogP contribution in [0.25, 0.3) is 0 Å². The minimum atomic E-state index is -0.817. The number of aliphatic carboxylic acids is 1. The number of nitrogens with one attached hydrogen (secondary N) is 2. The van der Waals surface area contributed by atoms with Crippen molar-refractivity contribution >= 4 is 17.6 Å². The van der Waals surface area contributed by atoms with Gasteiger partial charge in [-0.1, -0.05) is 12.1 Å². The SMILES string of the molecule is O=C(O)CCc1cccc(NC(=O)CN2CCNCC2)c1. The minimum absolute atomic E-state index is 0.0349. The number of piperazine rings is 1. The van der Waals surface area contributed by atoms with Crippen LogP contribution in [0.5, 0.6) is 0 Å². The zero-order valence-corrected chi connectivity index (χ0v) is 12.0. The van der Waals surface area contributed by atoms with Gasteiger partial charge < -0.3 is 15.7 Å². The highest BCUT2D eigenvalue weighted by Gasteiger charge is 2.13. The first-order chi connectivity index (χ1) is 10.1. The van der Waals surface area contributed by atoms with Crippen molar-refractivity contribution in [2.75, 3.05) is 38.0 Å². The third-order valence-corrected chi connectivity index (χ3v) is 3.42. The molecule has 1 amide bonds. The molecule has 1 fully saturated rings. The molecule has 1 aromatic carbocycles. The molecule has 0 atom stereocenters. The molecule has 6 heteroatoms. The van der Waals surface area contributed by atoms with Gasteiger partial charge in [0.2, 0.25) is 5.91 Å². The van der Waals surface area contributed by atoms with E-state index in [1.807, 2.05) is 24.3 Å². The van der Waals surface area contributed by atoms with E-state index < -0.39 is 5.97 Å². The predicted octanol–water partition coefficient (Wildman–Crippen LogP) is 0.547. The molecule has 1 aromatic rings. The summed E-state index contributed by atoms with van der Waals surface area (Å²) < 4.78 is 0. The average molecular weight is 291 g/mol. The molecule has 0 radical (unpaired) electrons. The molecule has 0 aliphatic carbocycles. The summed E-state index contributed by atoms with van der Waals surface area (Å²) in [7, 11) is 0. The van der Waals surface area contributed by atoms with Gasteiger partial charge in [-0.25, -0.2) is 0 Å². The molecule has 1 heterocycles. The maximum Gasteiger partial charge on any atom is 0.303 e. The maximum absolute atomic E-state index is 12.0. The third-order valence-electron chi connectivity index (χ3n) is 3.42. The molecular weight excluding hydrogens is 270 g/mol. The van der Waals surface area contributed by atoms with E-state index >= 15 is 0 Å². The van der Waals surface area contributed by atoms with Crippen molar-refractivity contribution < 1.29 is 14.7 Å². The van der Waals surface area contributed by atoms with Gasteiger partial charge in [-0.15, -0.1) is 0 Å². The maximum atomic E-state index is 12.0. The van der Waals surface area contributed by atoms with Crippen molar-refractivity contribution in [3.05, 3.63) is 29.8 Å². The molecule has 1 aliphatic heterocycles. The van der Waals surface area contributed by atoms with Gasteiger partial charge in [-0.2, -0.15) is 0 Å². The molecule has 3 N–H and O–H groups in total. The molecule has 0 aromatic heterocycles. The highest BCUT2D eigenvalue weighted by Crippen LogP contribution is 2.12. The fraction of sp³-hybridized carbons (Fsp3) is 0.467. The first kappa shape index (κ1) is 15.5. The van der Waals surface area contributed by atoms with E-state index in [4.69, 9.17) is 5.11 Å². The molecule has 0 saturated carbocycles. The first-order valence-electron chi connectivity index (χ1n) is 7.17. The normalized spacial score (nSPS) is 15.6. The summed E-state index contributed by atoms with van der Waals surface area (Å²) in [5.74, 6) is -0.851. The van der Waals surface area contributed by atoms with Crippen LogP contribution < -0.4 is 10.6 Å². The molecule has 0 unspecified atom stereocenters. The number of nitrogens with zero attached hydrogens (tertiary/aromatic N) is 1.